The van der Waals surface area contributed by atoms with E-state index in [-0.39, 0.29) is 18.2 Å². The van der Waals surface area contributed by atoms with Gasteiger partial charge < -0.3 is 10.6 Å². The molecular weight excluding hydrogens is 496 g/mol. The first kappa shape index (κ1) is 23.5. The first-order chi connectivity index (χ1) is 16.8. The van der Waals surface area contributed by atoms with E-state index in [1.807, 2.05) is 47.2 Å². The molecule has 0 atom stereocenters. The third kappa shape index (κ3) is 4.31. The molecule has 2 aliphatic heterocycles. The highest BCUT2D eigenvalue weighted by Gasteiger charge is 2.25. The van der Waals surface area contributed by atoms with Gasteiger partial charge in [-0.1, -0.05) is 48.5 Å². The summed E-state index contributed by atoms with van der Waals surface area (Å²) < 4.78 is 0. The Hall–Kier alpha value is -3.26. The van der Waals surface area contributed by atoms with E-state index in [9.17, 15) is 4.79 Å². The highest BCUT2D eigenvalue weighted by atomic mass is 35.5. The zero-order valence-electron chi connectivity index (χ0n) is 18.8. The molecule has 0 radical (unpaired) electrons. The number of hydrogen-bond acceptors (Lipinski definition) is 7. The van der Waals surface area contributed by atoms with Gasteiger partial charge in [0.25, 0.3) is 0 Å². The molecule has 8 heteroatoms. The molecule has 0 amide bonds. The summed E-state index contributed by atoms with van der Waals surface area (Å²) in [6.07, 6.45) is 0. The molecule has 2 aliphatic rings. The van der Waals surface area contributed by atoms with Crippen molar-refractivity contribution in [3.05, 3.63) is 92.3 Å². The summed E-state index contributed by atoms with van der Waals surface area (Å²) in [6, 6.07) is 20.4. The van der Waals surface area contributed by atoms with Crippen LogP contribution in [0.5, 0.6) is 0 Å². The lowest BCUT2D eigenvalue weighted by Gasteiger charge is -2.12. The lowest BCUT2D eigenvalue weighted by molar-refractivity contribution is 0.104. The molecule has 0 spiro atoms. The summed E-state index contributed by atoms with van der Waals surface area (Å²) in [7, 11) is 0. The van der Waals surface area contributed by atoms with E-state index in [2.05, 4.69) is 44.9 Å². The quantitative estimate of drug-likeness (QED) is 0.331. The fraction of sp³-hybridized carbons (Fsp3) is 0.148. The van der Waals surface area contributed by atoms with Gasteiger partial charge in [0.2, 0.25) is 5.78 Å². The largest absolute Gasteiger partial charge is 0.368 e. The van der Waals surface area contributed by atoms with Crippen molar-refractivity contribution < 1.29 is 4.79 Å². The Labute approximate surface area is 218 Å². The van der Waals surface area contributed by atoms with Crippen LogP contribution in [0.2, 0.25) is 0 Å². The van der Waals surface area contributed by atoms with Gasteiger partial charge in [-0.3, -0.25) is 14.8 Å². The molecule has 0 saturated heterocycles. The number of carbonyl (C=O) groups is 1. The molecule has 2 aromatic heterocycles. The molecule has 2 aromatic carbocycles. The number of nitrogens with zero attached hydrogens (tertiary/aromatic N) is 2. The molecule has 4 aromatic rings. The summed E-state index contributed by atoms with van der Waals surface area (Å²) in [6.45, 7) is 3.24. The molecule has 0 bridgehead atoms. The molecule has 5 nitrogen and oxygen atoms in total. The van der Waals surface area contributed by atoms with E-state index >= 15 is 0 Å². The van der Waals surface area contributed by atoms with E-state index in [0.29, 0.717) is 0 Å². The van der Waals surface area contributed by atoms with Crippen LogP contribution < -0.4 is 10.6 Å². The molecule has 0 fully saturated rings. The van der Waals surface area contributed by atoms with Crippen molar-refractivity contribution in [3.8, 4) is 22.3 Å². The van der Waals surface area contributed by atoms with Crippen molar-refractivity contribution in [2.75, 3.05) is 26.2 Å². The van der Waals surface area contributed by atoms with Crippen LogP contribution in [0.25, 0.3) is 22.3 Å². The average Bonchev–Trinajstić information content (AvgIpc) is 3.71. The van der Waals surface area contributed by atoms with Crippen molar-refractivity contribution in [2.45, 2.75) is 0 Å². The van der Waals surface area contributed by atoms with Gasteiger partial charge in [-0.05, 0) is 34.0 Å². The molecule has 6 rings (SSSR count). The maximum Gasteiger partial charge on any atom is 0.214 e. The molecule has 176 valence electrons. The van der Waals surface area contributed by atoms with Crippen LogP contribution in [0.15, 0.2) is 81.4 Å². The van der Waals surface area contributed by atoms with Gasteiger partial charge in [0.15, 0.2) is 0 Å². The number of amidine groups is 2. The predicted molar refractivity (Wildman–Crippen MR) is 149 cm³/mol. The number of thiophene rings is 2. The van der Waals surface area contributed by atoms with E-state index in [1.165, 1.54) is 22.7 Å². The predicted octanol–water partition coefficient (Wildman–Crippen LogP) is 5.50. The zero-order chi connectivity index (χ0) is 22.9. The maximum absolute atomic E-state index is 14.0. The smallest absolute Gasteiger partial charge is 0.214 e. The average molecular weight is 519 g/mol. The first-order valence-electron chi connectivity index (χ1n) is 11.3. The molecule has 0 unspecified atom stereocenters. The lowest BCUT2D eigenvalue weighted by atomic mass is 9.95. The molecular formula is C27H23ClN4OS2. The Bertz CT molecular complexity index is 1340. The number of benzene rings is 2. The summed E-state index contributed by atoms with van der Waals surface area (Å²) in [5, 5.41) is 10.7. The highest BCUT2D eigenvalue weighted by molar-refractivity contribution is 7.16. The van der Waals surface area contributed by atoms with Crippen molar-refractivity contribution in [2.24, 2.45) is 9.98 Å². The van der Waals surface area contributed by atoms with E-state index in [1.54, 1.807) is 0 Å². The van der Waals surface area contributed by atoms with Crippen molar-refractivity contribution in [3.63, 3.8) is 0 Å². The molecule has 4 heterocycles. The highest BCUT2D eigenvalue weighted by Crippen LogP contribution is 2.38. The normalized spacial score (nSPS) is 14.5. The fourth-order valence-electron chi connectivity index (χ4n) is 4.50. The Balaban J connectivity index is 0.00000253. The first-order valence-corrected chi connectivity index (χ1v) is 13.0. The summed E-state index contributed by atoms with van der Waals surface area (Å²) in [4.78, 5) is 24.7. The summed E-state index contributed by atoms with van der Waals surface area (Å²) in [5.74, 6) is 1.86. The molecule has 35 heavy (non-hydrogen) atoms. The van der Waals surface area contributed by atoms with E-state index in [0.717, 1.165) is 81.0 Å². The van der Waals surface area contributed by atoms with Crippen LogP contribution in [0.1, 0.15) is 25.7 Å². The second-order valence-corrected chi connectivity index (χ2v) is 9.89. The summed E-state index contributed by atoms with van der Waals surface area (Å²) >= 11 is 2.99. The number of nitrogens with one attached hydrogen (secondary N) is 2. The Morgan fingerprint density at radius 3 is 1.46 bits per heavy atom. The van der Waals surface area contributed by atoms with Gasteiger partial charge in [0.1, 0.15) is 11.7 Å². The number of carbonyl (C=O) groups excluding carboxylic acids is 1. The SMILES string of the molecule is Cl.O=C(c1sccc1-c1ccccc1C1=NCCN1)c1sccc1-c1ccccc1C1=NCCN1. The molecule has 2 N–H and O–H groups in total. The number of aliphatic imine (C=N–C) groups is 2. The van der Waals surface area contributed by atoms with Crippen LogP contribution in [0.4, 0.5) is 0 Å². The van der Waals surface area contributed by atoms with E-state index < -0.39 is 0 Å². The van der Waals surface area contributed by atoms with Crippen LogP contribution in [-0.2, 0) is 0 Å². The van der Waals surface area contributed by atoms with Crippen molar-refractivity contribution >= 4 is 52.5 Å². The molecule has 0 aliphatic carbocycles. The van der Waals surface area contributed by atoms with Crippen molar-refractivity contribution in [1.82, 2.24) is 10.6 Å². The monoisotopic (exact) mass is 518 g/mol. The van der Waals surface area contributed by atoms with Crippen LogP contribution >= 0.6 is 35.1 Å². The number of hydrogen-bond donors (Lipinski definition) is 2. The van der Waals surface area contributed by atoms with Crippen LogP contribution in [-0.4, -0.2) is 43.6 Å². The number of halogens is 1. The Morgan fingerprint density at radius 2 is 1.06 bits per heavy atom. The molecule has 0 saturated carbocycles. The number of rotatable bonds is 6. The van der Waals surface area contributed by atoms with Gasteiger partial charge in [-0.2, -0.15) is 0 Å². The second kappa shape index (κ2) is 10.2. The second-order valence-electron chi connectivity index (χ2n) is 8.06. The van der Waals surface area contributed by atoms with Gasteiger partial charge >= 0.3 is 0 Å². The van der Waals surface area contributed by atoms with Gasteiger partial charge in [0, 0.05) is 35.3 Å². The van der Waals surface area contributed by atoms with Crippen LogP contribution in [0.3, 0.4) is 0 Å². The zero-order valence-corrected chi connectivity index (χ0v) is 21.2. The standard InChI is InChI=1S/C27H22N4OS2.ClH/c32-23(24-19(9-15-33-24)17-5-1-3-7-21(17)26-28-11-12-29-26)25-20(10-16-34-25)18-6-2-4-8-22(18)27-30-13-14-31-27;/h1-10,15-16H,11-14H2,(H,28,29)(H,30,31);1H. The minimum Gasteiger partial charge on any atom is -0.368 e. The maximum atomic E-state index is 14.0. The third-order valence-corrected chi connectivity index (χ3v) is 7.86. The van der Waals surface area contributed by atoms with Crippen molar-refractivity contribution in [1.29, 1.82) is 0 Å². The Kier molecular flexibility index (Phi) is 6.81. The third-order valence-electron chi connectivity index (χ3n) is 6.04. The van der Waals surface area contributed by atoms with Gasteiger partial charge in [-0.15, -0.1) is 35.1 Å². The minimum absolute atomic E-state index is 0. The topological polar surface area (TPSA) is 65.8 Å². The minimum atomic E-state index is 0. The Morgan fingerprint density at radius 1 is 0.629 bits per heavy atom. The van der Waals surface area contributed by atoms with Crippen LogP contribution in [0, 0.1) is 0 Å². The lowest BCUT2D eigenvalue weighted by Crippen LogP contribution is -2.20. The van der Waals surface area contributed by atoms with Gasteiger partial charge in [-0.25, -0.2) is 0 Å². The summed E-state index contributed by atoms with van der Waals surface area (Å²) in [5.41, 5.74) is 6.04. The van der Waals surface area contributed by atoms with E-state index in [4.69, 9.17) is 0 Å². The fourth-order valence-corrected chi connectivity index (χ4v) is 6.28. The van der Waals surface area contributed by atoms with Gasteiger partial charge in [0.05, 0.1) is 22.8 Å². The number of ketones is 1.